The molecule has 2 aromatic heterocycles. The number of H-pyrrole nitrogens is 1. The van der Waals surface area contributed by atoms with Crippen molar-refractivity contribution in [3.05, 3.63) is 47.0 Å². The highest BCUT2D eigenvalue weighted by Gasteiger charge is 2.30. The summed E-state index contributed by atoms with van der Waals surface area (Å²) in [5, 5.41) is 4.30. The topological polar surface area (TPSA) is 93.1 Å². The summed E-state index contributed by atoms with van der Waals surface area (Å²) in [7, 11) is 1.81. The first-order valence-electron chi connectivity index (χ1n) is 8.52. The fraction of sp³-hybridized carbons (Fsp3) is 0.333. The van der Waals surface area contributed by atoms with E-state index in [4.69, 9.17) is 4.74 Å². The minimum Gasteiger partial charge on any atom is -0.461 e. The zero-order chi connectivity index (χ0) is 18.3. The van der Waals surface area contributed by atoms with Crippen LogP contribution < -0.4 is 0 Å². The Morgan fingerprint density at radius 3 is 3.00 bits per heavy atom. The molecule has 8 nitrogen and oxygen atoms in total. The maximum absolute atomic E-state index is 12.9. The molecule has 0 saturated carbocycles. The Hall–Kier alpha value is -3.16. The molecule has 1 aliphatic rings. The Morgan fingerprint density at radius 2 is 2.19 bits per heavy atom. The number of carbonyl (C=O) groups excluding carboxylic acids is 2. The van der Waals surface area contributed by atoms with Gasteiger partial charge in [-0.05, 0) is 25.1 Å². The van der Waals surface area contributed by atoms with Gasteiger partial charge in [-0.1, -0.05) is 0 Å². The van der Waals surface area contributed by atoms with Gasteiger partial charge in [-0.2, -0.15) is 5.10 Å². The van der Waals surface area contributed by atoms with Crippen molar-refractivity contribution in [1.29, 1.82) is 0 Å². The molecule has 3 aromatic rings. The summed E-state index contributed by atoms with van der Waals surface area (Å²) in [5.74, 6) is -0.525. The van der Waals surface area contributed by atoms with Crippen molar-refractivity contribution in [3.8, 4) is 0 Å². The normalized spacial score (nSPS) is 13.7. The van der Waals surface area contributed by atoms with Gasteiger partial charge in [0.05, 0.1) is 30.5 Å². The van der Waals surface area contributed by atoms with Gasteiger partial charge in [-0.3, -0.25) is 9.48 Å². The molecule has 3 heterocycles. The molecule has 0 unspecified atom stereocenters. The zero-order valence-electron chi connectivity index (χ0n) is 14.7. The lowest BCUT2D eigenvalue weighted by atomic mass is 10.0. The molecule has 0 spiro atoms. The van der Waals surface area contributed by atoms with E-state index in [1.54, 1.807) is 35.0 Å². The summed E-state index contributed by atoms with van der Waals surface area (Å²) < 4.78 is 6.81. The number of aryl methyl sites for hydroxylation is 1. The molecular weight excluding hydrogens is 334 g/mol. The first kappa shape index (κ1) is 16.3. The van der Waals surface area contributed by atoms with Crippen molar-refractivity contribution in [1.82, 2.24) is 24.6 Å². The predicted octanol–water partition coefficient (Wildman–Crippen LogP) is 1.67. The van der Waals surface area contributed by atoms with Crippen LogP contribution in [0.3, 0.4) is 0 Å². The number of rotatable bonds is 3. The second kappa shape index (κ2) is 6.29. The Labute approximate surface area is 149 Å². The smallest absolute Gasteiger partial charge is 0.359 e. The Kier molecular flexibility index (Phi) is 3.95. The number of hydrogen-bond acceptors (Lipinski definition) is 5. The minimum atomic E-state index is -0.447. The number of imidazole rings is 1. The molecule has 0 saturated heterocycles. The van der Waals surface area contributed by atoms with Gasteiger partial charge < -0.3 is 14.6 Å². The number of nitrogens with one attached hydrogen (secondary N) is 1. The van der Waals surface area contributed by atoms with Gasteiger partial charge in [0.1, 0.15) is 0 Å². The van der Waals surface area contributed by atoms with Crippen molar-refractivity contribution in [3.63, 3.8) is 0 Å². The maximum atomic E-state index is 12.9. The van der Waals surface area contributed by atoms with E-state index in [1.807, 2.05) is 13.1 Å². The van der Waals surface area contributed by atoms with Crippen LogP contribution in [0.15, 0.2) is 24.5 Å². The van der Waals surface area contributed by atoms with E-state index in [1.165, 1.54) is 0 Å². The van der Waals surface area contributed by atoms with Gasteiger partial charge in [0.15, 0.2) is 5.69 Å². The molecule has 1 N–H and O–H groups in total. The number of nitrogens with zero attached hydrogens (tertiary/aromatic N) is 4. The number of aromatic amines is 1. The number of fused-ring (bicyclic) bond motifs is 2. The SMILES string of the molecule is CCOC(=O)c1nn(C)c2c1CN(C(=O)c1ccc3nc[nH]c3c1)CC2. The zero-order valence-corrected chi connectivity index (χ0v) is 14.7. The Bertz CT molecular complexity index is 1000. The van der Waals surface area contributed by atoms with Crippen molar-refractivity contribution in [2.75, 3.05) is 13.2 Å². The standard InChI is InChI=1S/C18H19N5O3/c1-3-26-18(25)16-12-9-23(7-6-15(12)22(2)21-16)17(24)11-4-5-13-14(8-11)20-10-19-13/h4-5,8,10H,3,6-7,9H2,1-2H3,(H,19,20). The molecule has 1 amide bonds. The number of hydrogen-bond donors (Lipinski definition) is 1. The molecule has 8 heteroatoms. The van der Waals surface area contributed by atoms with Gasteiger partial charge in [0.25, 0.3) is 5.91 Å². The highest BCUT2D eigenvalue weighted by molar-refractivity contribution is 5.97. The van der Waals surface area contributed by atoms with Crippen LogP contribution in [0.1, 0.15) is 39.0 Å². The number of carbonyl (C=O) groups is 2. The number of amides is 1. The van der Waals surface area contributed by atoms with Gasteiger partial charge in [0, 0.05) is 36.8 Å². The summed E-state index contributed by atoms with van der Waals surface area (Å²) in [6, 6.07) is 5.40. The van der Waals surface area contributed by atoms with Crippen LogP contribution >= 0.6 is 0 Å². The van der Waals surface area contributed by atoms with Crippen molar-refractivity contribution >= 4 is 22.9 Å². The highest BCUT2D eigenvalue weighted by Crippen LogP contribution is 2.24. The summed E-state index contributed by atoms with van der Waals surface area (Å²) in [4.78, 5) is 34.0. The molecule has 4 rings (SSSR count). The molecule has 26 heavy (non-hydrogen) atoms. The molecule has 0 aliphatic carbocycles. The van der Waals surface area contributed by atoms with Crippen LogP contribution in [0.4, 0.5) is 0 Å². The van der Waals surface area contributed by atoms with Crippen molar-refractivity contribution < 1.29 is 14.3 Å². The molecule has 1 aromatic carbocycles. The third kappa shape index (κ3) is 2.63. The summed E-state index contributed by atoms with van der Waals surface area (Å²) in [5.41, 5.74) is 4.27. The van der Waals surface area contributed by atoms with E-state index in [0.717, 1.165) is 22.3 Å². The highest BCUT2D eigenvalue weighted by atomic mass is 16.5. The van der Waals surface area contributed by atoms with Gasteiger partial charge in [-0.15, -0.1) is 0 Å². The van der Waals surface area contributed by atoms with Gasteiger partial charge in [0.2, 0.25) is 0 Å². The third-order valence-electron chi connectivity index (χ3n) is 4.67. The molecule has 1 aliphatic heterocycles. The lowest BCUT2D eigenvalue weighted by Crippen LogP contribution is -2.36. The first-order valence-corrected chi connectivity index (χ1v) is 8.52. The quantitative estimate of drug-likeness (QED) is 0.723. The fourth-order valence-electron chi connectivity index (χ4n) is 3.38. The summed E-state index contributed by atoms with van der Waals surface area (Å²) in [6.45, 7) is 2.97. The number of benzene rings is 1. The largest absolute Gasteiger partial charge is 0.461 e. The van der Waals surface area contributed by atoms with E-state index in [0.29, 0.717) is 30.8 Å². The Balaban J connectivity index is 1.63. The number of ether oxygens (including phenoxy) is 1. The van der Waals surface area contributed by atoms with E-state index >= 15 is 0 Å². The summed E-state index contributed by atoms with van der Waals surface area (Å²) in [6.07, 6.45) is 2.25. The van der Waals surface area contributed by atoms with E-state index in [9.17, 15) is 9.59 Å². The second-order valence-corrected chi connectivity index (χ2v) is 6.23. The van der Waals surface area contributed by atoms with E-state index in [2.05, 4.69) is 15.1 Å². The van der Waals surface area contributed by atoms with Crippen LogP contribution in [0.5, 0.6) is 0 Å². The van der Waals surface area contributed by atoms with Crippen LogP contribution in [-0.2, 0) is 24.8 Å². The second-order valence-electron chi connectivity index (χ2n) is 6.23. The van der Waals surface area contributed by atoms with Crippen LogP contribution in [0.2, 0.25) is 0 Å². The minimum absolute atomic E-state index is 0.0780. The molecule has 0 bridgehead atoms. The van der Waals surface area contributed by atoms with E-state index < -0.39 is 5.97 Å². The predicted molar refractivity (Wildman–Crippen MR) is 93.7 cm³/mol. The van der Waals surface area contributed by atoms with Crippen molar-refractivity contribution in [2.24, 2.45) is 7.05 Å². The monoisotopic (exact) mass is 353 g/mol. The first-order chi connectivity index (χ1) is 12.6. The lowest BCUT2D eigenvalue weighted by molar-refractivity contribution is 0.0513. The third-order valence-corrected chi connectivity index (χ3v) is 4.67. The Morgan fingerprint density at radius 1 is 1.35 bits per heavy atom. The molecule has 0 fully saturated rings. The maximum Gasteiger partial charge on any atom is 0.359 e. The molecule has 0 radical (unpaired) electrons. The van der Waals surface area contributed by atoms with Crippen LogP contribution in [0.25, 0.3) is 11.0 Å². The number of aromatic nitrogens is 4. The van der Waals surface area contributed by atoms with Gasteiger partial charge in [-0.25, -0.2) is 9.78 Å². The molecule has 0 atom stereocenters. The summed E-state index contributed by atoms with van der Waals surface area (Å²) >= 11 is 0. The lowest BCUT2D eigenvalue weighted by Gasteiger charge is -2.27. The van der Waals surface area contributed by atoms with Crippen LogP contribution in [-0.4, -0.2) is 49.7 Å². The van der Waals surface area contributed by atoms with Crippen molar-refractivity contribution in [2.45, 2.75) is 19.9 Å². The van der Waals surface area contributed by atoms with E-state index in [-0.39, 0.29) is 12.5 Å². The average molecular weight is 353 g/mol. The fourth-order valence-corrected chi connectivity index (χ4v) is 3.38. The number of esters is 1. The molecule has 134 valence electrons. The van der Waals surface area contributed by atoms with Crippen LogP contribution in [0, 0.1) is 0 Å². The van der Waals surface area contributed by atoms with Gasteiger partial charge >= 0.3 is 5.97 Å². The average Bonchev–Trinajstić information content (AvgIpc) is 3.25. The molecular formula is C18H19N5O3.